The quantitative estimate of drug-likeness (QED) is 0.840. The molecule has 0 aromatic carbocycles. The Morgan fingerprint density at radius 1 is 1.38 bits per heavy atom. The van der Waals surface area contributed by atoms with E-state index < -0.39 is 0 Å². The second-order valence-corrected chi connectivity index (χ2v) is 7.36. The summed E-state index contributed by atoms with van der Waals surface area (Å²) >= 11 is 3.34. The average molecular weight is 260 g/mol. The number of nitrogens with zero attached hydrogens (tertiary/aromatic N) is 3. The highest BCUT2D eigenvalue weighted by Crippen LogP contribution is 2.37. The Labute approximate surface area is 106 Å². The fraction of sp³-hybridized carbons (Fsp3) is 0.800. The van der Waals surface area contributed by atoms with E-state index in [0.717, 1.165) is 9.47 Å². The van der Waals surface area contributed by atoms with E-state index >= 15 is 0 Å². The molecule has 0 radical (unpaired) electrons. The summed E-state index contributed by atoms with van der Waals surface area (Å²) in [6.45, 7) is 7.26. The lowest BCUT2D eigenvalue weighted by atomic mass is 9.92. The van der Waals surface area contributed by atoms with Gasteiger partial charge in [-0.3, -0.25) is 0 Å². The molecule has 1 heterocycles. The van der Waals surface area contributed by atoms with Crippen LogP contribution in [0.1, 0.15) is 20.8 Å². The fourth-order valence-corrected chi connectivity index (χ4v) is 3.18. The Hall–Kier alpha value is -0.330. The minimum absolute atomic E-state index is 0.184. The Morgan fingerprint density at radius 3 is 2.38 bits per heavy atom. The molecule has 1 rings (SSSR count). The Balaban J connectivity index is 2.71. The number of hydrogen-bond donors (Lipinski definition) is 1. The number of rotatable bonds is 4. The molecule has 1 aromatic rings. The lowest BCUT2D eigenvalue weighted by molar-refractivity contribution is 0.398. The maximum Gasteiger partial charge on any atom is 0.208 e. The lowest BCUT2D eigenvalue weighted by Crippen LogP contribution is -2.30. The van der Waals surface area contributed by atoms with E-state index in [4.69, 9.17) is 5.73 Å². The highest BCUT2D eigenvalue weighted by molar-refractivity contribution is 8.01. The van der Waals surface area contributed by atoms with E-state index in [1.54, 1.807) is 23.1 Å². The minimum Gasteiger partial charge on any atom is -0.353 e. The van der Waals surface area contributed by atoms with Gasteiger partial charge in [-0.05, 0) is 5.41 Å². The van der Waals surface area contributed by atoms with Gasteiger partial charge in [-0.1, -0.05) is 43.9 Å². The normalized spacial score (nSPS) is 13.9. The van der Waals surface area contributed by atoms with Crippen molar-refractivity contribution in [2.24, 2.45) is 11.1 Å². The van der Waals surface area contributed by atoms with E-state index in [1.165, 1.54) is 0 Å². The zero-order valence-electron chi connectivity index (χ0n) is 10.5. The van der Waals surface area contributed by atoms with Crippen molar-refractivity contribution in [3.63, 3.8) is 0 Å². The van der Waals surface area contributed by atoms with Crippen molar-refractivity contribution in [2.75, 3.05) is 25.5 Å². The second kappa shape index (κ2) is 5.33. The van der Waals surface area contributed by atoms with Crippen molar-refractivity contribution < 1.29 is 0 Å². The maximum atomic E-state index is 5.80. The van der Waals surface area contributed by atoms with Crippen molar-refractivity contribution in [1.82, 2.24) is 10.2 Å². The molecule has 0 fully saturated rings. The monoisotopic (exact) mass is 260 g/mol. The predicted molar refractivity (Wildman–Crippen MR) is 72.4 cm³/mol. The van der Waals surface area contributed by atoms with Crippen molar-refractivity contribution >= 4 is 28.2 Å². The predicted octanol–water partition coefficient (Wildman–Crippen LogP) is 2.07. The van der Waals surface area contributed by atoms with Gasteiger partial charge in [0.25, 0.3) is 0 Å². The van der Waals surface area contributed by atoms with Gasteiger partial charge >= 0.3 is 0 Å². The average Bonchev–Trinajstić information content (AvgIpc) is 2.60. The first-order chi connectivity index (χ1) is 7.34. The Bertz CT molecular complexity index is 330. The third-order valence-electron chi connectivity index (χ3n) is 2.20. The first-order valence-electron chi connectivity index (χ1n) is 5.22. The first-order valence-corrected chi connectivity index (χ1v) is 6.91. The van der Waals surface area contributed by atoms with Crippen LogP contribution in [-0.4, -0.2) is 36.1 Å². The number of thioether (sulfide) groups is 1. The molecule has 92 valence electrons. The molecule has 4 nitrogen and oxygen atoms in total. The summed E-state index contributed by atoms with van der Waals surface area (Å²) in [4.78, 5) is 1.97. The molecule has 0 aliphatic heterocycles. The number of aromatic nitrogens is 2. The third kappa shape index (κ3) is 3.61. The highest BCUT2D eigenvalue weighted by Gasteiger charge is 2.25. The smallest absolute Gasteiger partial charge is 0.208 e. The molecular formula is C10H20N4S2. The van der Waals surface area contributed by atoms with Gasteiger partial charge in [0.1, 0.15) is 0 Å². The van der Waals surface area contributed by atoms with Gasteiger partial charge < -0.3 is 10.6 Å². The SMILES string of the molecule is CN(C)c1nnc(SC(CN)C(C)(C)C)s1. The molecule has 0 spiro atoms. The van der Waals surface area contributed by atoms with Crippen LogP contribution < -0.4 is 10.6 Å². The lowest BCUT2D eigenvalue weighted by Gasteiger charge is -2.27. The number of hydrogen-bond acceptors (Lipinski definition) is 6. The van der Waals surface area contributed by atoms with Crippen molar-refractivity contribution in [2.45, 2.75) is 30.4 Å². The largest absolute Gasteiger partial charge is 0.353 e. The zero-order valence-corrected chi connectivity index (χ0v) is 12.2. The van der Waals surface area contributed by atoms with Crippen LogP contribution in [0.4, 0.5) is 5.13 Å². The Kier molecular flexibility index (Phi) is 4.58. The van der Waals surface area contributed by atoms with Crippen LogP contribution >= 0.6 is 23.1 Å². The van der Waals surface area contributed by atoms with Gasteiger partial charge in [0, 0.05) is 25.9 Å². The van der Waals surface area contributed by atoms with Gasteiger partial charge in [0.05, 0.1) is 0 Å². The van der Waals surface area contributed by atoms with Gasteiger partial charge in [0.15, 0.2) is 4.34 Å². The molecule has 0 saturated heterocycles. The van der Waals surface area contributed by atoms with Gasteiger partial charge in [0.2, 0.25) is 5.13 Å². The Morgan fingerprint density at radius 2 is 2.00 bits per heavy atom. The number of nitrogens with two attached hydrogens (primary N) is 1. The topological polar surface area (TPSA) is 55.0 Å². The summed E-state index contributed by atoms with van der Waals surface area (Å²) in [6.07, 6.45) is 0. The van der Waals surface area contributed by atoms with Gasteiger partial charge in [-0.15, -0.1) is 10.2 Å². The minimum atomic E-state index is 0.184. The van der Waals surface area contributed by atoms with Crippen LogP contribution in [-0.2, 0) is 0 Å². The molecule has 1 atom stereocenters. The molecule has 0 saturated carbocycles. The number of anilines is 1. The van der Waals surface area contributed by atoms with Crippen molar-refractivity contribution in [3.8, 4) is 0 Å². The molecule has 0 aliphatic rings. The summed E-state index contributed by atoms with van der Waals surface area (Å²) in [5.41, 5.74) is 5.98. The van der Waals surface area contributed by atoms with Crippen LogP contribution in [0.2, 0.25) is 0 Å². The van der Waals surface area contributed by atoms with Gasteiger partial charge in [-0.25, -0.2) is 0 Å². The van der Waals surface area contributed by atoms with Crippen LogP contribution in [0.15, 0.2) is 4.34 Å². The van der Waals surface area contributed by atoms with Gasteiger partial charge in [-0.2, -0.15) is 0 Å². The van der Waals surface area contributed by atoms with Crippen LogP contribution in [0.3, 0.4) is 0 Å². The summed E-state index contributed by atoms with van der Waals surface area (Å²) in [7, 11) is 3.94. The summed E-state index contributed by atoms with van der Waals surface area (Å²) < 4.78 is 0.995. The first kappa shape index (κ1) is 13.7. The zero-order chi connectivity index (χ0) is 12.3. The molecule has 0 amide bonds. The molecule has 1 aromatic heterocycles. The summed E-state index contributed by atoms with van der Waals surface area (Å²) in [5, 5.41) is 9.60. The standard InChI is InChI=1S/C10H20N4S2/c1-10(2,3)7(6-11)15-9-13-12-8(16-9)14(4)5/h7H,6,11H2,1-5H3. The third-order valence-corrected chi connectivity index (χ3v) is 5.09. The molecule has 0 bridgehead atoms. The molecule has 0 aliphatic carbocycles. The van der Waals surface area contributed by atoms with E-state index in [-0.39, 0.29) is 5.41 Å². The summed E-state index contributed by atoms with van der Waals surface area (Å²) in [5.74, 6) is 0. The molecule has 1 unspecified atom stereocenters. The van der Waals surface area contributed by atoms with Crippen molar-refractivity contribution in [3.05, 3.63) is 0 Å². The second-order valence-electron chi connectivity index (χ2n) is 4.95. The summed E-state index contributed by atoms with van der Waals surface area (Å²) in [6, 6.07) is 0. The molecular weight excluding hydrogens is 240 g/mol. The molecule has 6 heteroatoms. The van der Waals surface area contributed by atoms with E-state index in [2.05, 4.69) is 31.0 Å². The maximum absolute atomic E-state index is 5.80. The van der Waals surface area contributed by atoms with Crippen LogP contribution in [0.25, 0.3) is 0 Å². The van der Waals surface area contributed by atoms with Crippen LogP contribution in [0, 0.1) is 5.41 Å². The fourth-order valence-electron chi connectivity index (χ4n) is 1.13. The molecule has 2 N–H and O–H groups in total. The van der Waals surface area contributed by atoms with Crippen LogP contribution in [0.5, 0.6) is 0 Å². The van der Waals surface area contributed by atoms with E-state index in [1.807, 2.05) is 19.0 Å². The van der Waals surface area contributed by atoms with E-state index in [0.29, 0.717) is 11.8 Å². The van der Waals surface area contributed by atoms with E-state index in [9.17, 15) is 0 Å². The highest BCUT2D eigenvalue weighted by atomic mass is 32.2. The van der Waals surface area contributed by atoms with Crippen molar-refractivity contribution in [1.29, 1.82) is 0 Å². The molecule has 16 heavy (non-hydrogen) atoms.